The molecule has 0 amide bonds. The van der Waals surface area contributed by atoms with Crippen LogP contribution in [0.5, 0.6) is 0 Å². The van der Waals surface area contributed by atoms with Crippen molar-refractivity contribution in [3.8, 4) is 0 Å². The van der Waals surface area contributed by atoms with Crippen molar-refractivity contribution >= 4 is 0 Å². The molecule has 4 aliphatic rings. The summed E-state index contributed by atoms with van der Waals surface area (Å²) in [7, 11) is 0. The molecule has 224 valence electrons. The monoisotopic (exact) mass is 592 g/mol. The molecule has 4 saturated carbocycles. The van der Waals surface area contributed by atoms with E-state index in [1.165, 1.54) is 13.8 Å². The lowest BCUT2D eigenvalue weighted by atomic mass is 9.39. The van der Waals surface area contributed by atoms with E-state index in [1.54, 1.807) is 0 Å². The summed E-state index contributed by atoms with van der Waals surface area (Å²) in [6.07, 6.45) is -6.14. The summed E-state index contributed by atoms with van der Waals surface area (Å²) < 4.78 is 222. The first-order valence-corrected chi connectivity index (χ1v) is 11.2. The molecule has 4 fully saturated rings. The third-order valence-electron chi connectivity index (χ3n) is 7.48. The molecule has 2 atom stereocenters. The molecule has 4 rings (SSSR count). The lowest BCUT2D eigenvalue weighted by molar-refractivity contribution is -0.630. The maximum atomic E-state index is 15.8. The van der Waals surface area contributed by atoms with Gasteiger partial charge in [-0.1, -0.05) is 26.7 Å². The number of halogens is 14. The van der Waals surface area contributed by atoms with Gasteiger partial charge in [0.25, 0.3) is 11.2 Å². The minimum atomic E-state index is -7.75. The molecule has 4 bridgehead atoms. The minimum Gasteiger partial charge on any atom is -0.391 e. The van der Waals surface area contributed by atoms with E-state index >= 15 is 52.7 Å². The Hall–Kier alpha value is -1.14. The fourth-order valence-electron chi connectivity index (χ4n) is 5.64. The maximum Gasteiger partial charge on any atom is 0.339 e. The van der Waals surface area contributed by atoms with Gasteiger partial charge in [0, 0.05) is 0 Å². The van der Waals surface area contributed by atoms with E-state index in [-0.39, 0.29) is 12.8 Å². The van der Waals surface area contributed by atoms with Crippen molar-refractivity contribution < 1.29 is 81.2 Å². The Morgan fingerprint density at radius 3 is 0.974 bits per heavy atom. The standard InChI is InChI=1S/C20H22F14O4/c1-3-5-9(35)7-37-13-16(25,26)11(21)15(23,24)12(22,17(13,27)28)19(31,32)14(18(11,29)30,20(13,33)34)38-8-10(36)6-4-2/h9-10,35-36H,3-8H2,1-2H3. The van der Waals surface area contributed by atoms with Crippen LogP contribution < -0.4 is 0 Å². The van der Waals surface area contributed by atoms with Crippen molar-refractivity contribution in [2.75, 3.05) is 13.2 Å². The Morgan fingerprint density at radius 2 is 0.737 bits per heavy atom. The van der Waals surface area contributed by atoms with Gasteiger partial charge in [-0.25, -0.2) is 8.78 Å². The zero-order chi connectivity index (χ0) is 29.8. The summed E-state index contributed by atoms with van der Waals surface area (Å²) >= 11 is 0. The van der Waals surface area contributed by atoms with E-state index in [1.807, 2.05) is 0 Å². The maximum absolute atomic E-state index is 15.8. The molecule has 38 heavy (non-hydrogen) atoms. The van der Waals surface area contributed by atoms with Crippen LogP contribution in [0.1, 0.15) is 39.5 Å². The second-order valence-electron chi connectivity index (χ2n) is 9.63. The van der Waals surface area contributed by atoms with Crippen LogP contribution in [0.4, 0.5) is 61.5 Å². The van der Waals surface area contributed by atoms with E-state index in [0.29, 0.717) is 0 Å². The fraction of sp³-hybridized carbons (Fsp3) is 1.00. The lowest BCUT2D eigenvalue weighted by Crippen LogP contribution is -3.11. The second kappa shape index (κ2) is 8.21. The van der Waals surface area contributed by atoms with E-state index in [2.05, 4.69) is 9.47 Å². The van der Waals surface area contributed by atoms with E-state index < -0.39 is 96.3 Å². The molecule has 4 nitrogen and oxygen atoms in total. The van der Waals surface area contributed by atoms with Gasteiger partial charge in [-0.05, 0) is 12.8 Å². The number of alkyl halides is 14. The number of ether oxygens (including phenoxy) is 2. The average Bonchev–Trinajstić information content (AvgIpc) is 2.75. The highest BCUT2D eigenvalue weighted by Gasteiger charge is 3.23. The van der Waals surface area contributed by atoms with Crippen molar-refractivity contribution in [2.24, 2.45) is 0 Å². The van der Waals surface area contributed by atoms with E-state index in [0.717, 1.165) is 0 Å². The highest BCUT2D eigenvalue weighted by atomic mass is 19.3. The van der Waals surface area contributed by atoms with Crippen LogP contribution in [-0.4, -0.2) is 93.7 Å². The van der Waals surface area contributed by atoms with Gasteiger partial charge in [0.1, 0.15) is 0 Å². The molecule has 18 heteroatoms. The second-order valence-corrected chi connectivity index (χ2v) is 9.63. The largest absolute Gasteiger partial charge is 0.391 e. The highest BCUT2D eigenvalue weighted by Crippen LogP contribution is 2.88. The predicted octanol–water partition coefficient (Wildman–Crippen LogP) is 5.09. The van der Waals surface area contributed by atoms with Crippen molar-refractivity contribution in [1.29, 1.82) is 0 Å². The van der Waals surface area contributed by atoms with Crippen LogP contribution in [0.3, 0.4) is 0 Å². The van der Waals surface area contributed by atoms with Gasteiger partial charge < -0.3 is 19.7 Å². The van der Waals surface area contributed by atoms with Gasteiger partial charge in [0.15, 0.2) is 0 Å². The van der Waals surface area contributed by atoms with Crippen LogP contribution in [0.2, 0.25) is 0 Å². The average molecular weight is 592 g/mol. The smallest absolute Gasteiger partial charge is 0.339 e. The highest BCUT2D eigenvalue weighted by molar-refractivity contribution is 5.54. The van der Waals surface area contributed by atoms with Crippen molar-refractivity contribution in [1.82, 2.24) is 0 Å². The molecule has 0 saturated heterocycles. The van der Waals surface area contributed by atoms with E-state index in [9.17, 15) is 19.0 Å². The van der Waals surface area contributed by atoms with Crippen LogP contribution in [0.15, 0.2) is 0 Å². The molecule has 0 aliphatic heterocycles. The SMILES string of the molecule is CCCC(O)COC12C(F)(F)C3(F)C(F)(F)C(F)(C1(F)F)C(F)(F)C(OCC(O)CCC)(C3(F)F)C2(F)F. The fourth-order valence-corrected chi connectivity index (χ4v) is 5.64. The Bertz CT molecular complexity index is 837. The zero-order valence-electron chi connectivity index (χ0n) is 19.4. The summed E-state index contributed by atoms with van der Waals surface area (Å²) in [5.74, 6) is -45.0. The molecular formula is C20H22F14O4. The Kier molecular flexibility index (Phi) is 6.78. The van der Waals surface area contributed by atoms with Gasteiger partial charge in [0.2, 0.25) is 0 Å². The molecule has 0 radical (unpaired) electrons. The first-order valence-electron chi connectivity index (χ1n) is 11.2. The Morgan fingerprint density at radius 1 is 0.474 bits per heavy atom. The molecule has 2 unspecified atom stereocenters. The quantitative estimate of drug-likeness (QED) is 0.348. The Balaban J connectivity index is 2.50. The summed E-state index contributed by atoms with van der Waals surface area (Å²) in [4.78, 5) is 0. The van der Waals surface area contributed by atoms with Gasteiger partial charge >= 0.3 is 46.9 Å². The van der Waals surface area contributed by atoms with Crippen molar-refractivity contribution in [3.63, 3.8) is 0 Å². The van der Waals surface area contributed by atoms with Gasteiger partial charge in [-0.15, -0.1) is 0 Å². The number of hydrogen-bond donors (Lipinski definition) is 2. The summed E-state index contributed by atoms with van der Waals surface area (Å²) in [6.45, 7) is -1.86. The molecular weight excluding hydrogens is 570 g/mol. The third kappa shape index (κ3) is 2.56. The predicted molar refractivity (Wildman–Crippen MR) is 96.6 cm³/mol. The van der Waals surface area contributed by atoms with Crippen LogP contribution in [-0.2, 0) is 9.47 Å². The van der Waals surface area contributed by atoms with Crippen LogP contribution >= 0.6 is 0 Å². The first kappa shape index (κ1) is 31.4. The van der Waals surface area contributed by atoms with Gasteiger partial charge in [0.05, 0.1) is 25.4 Å². The molecule has 0 aromatic carbocycles. The summed E-state index contributed by atoms with van der Waals surface area (Å²) in [6, 6.07) is 0. The topological polar surface area (TPSA) is 58.9 Å². The minimum absolute atomic E-state index is 0.141. The van der Waals surface area contributed by atoms with Crippen molar-refractivity contribution in [3.05, 3.63) is 0 Å². The molecule has 0 aromatic heterocycles. The van der Waals surface area contributed by atoms with Crippen LogP contribution in [0.25, 0.3) is 0 Å². The van der Waals surface area contributed by atoms with Gasteiger partial charge in [-0.3, -0.25) is 0 Å². The van der Waals surface area contributed by atoms with Gasteiger partial charge in [-0.2, -0.15) is 52.7 Å². The lowest BCUT2D eigenvalue weighted by Gasteiger charge is -2.76. The molecule has 0 spiro atoms. The zero-order valence-corrected chi connectivity index (χ0v) is 19.4. The Labute approximate surface area is 205 Å². The number of aliphatic hydroxyl groups is 2. The van der Waals surface area contributed by atoms with Crippen LogP contribution in [0, 0.1) is 0 Å². The normalized spacial score (nSPS) is 42.2. The van der Waals surface area contributed by atoms with E-state index in [4.69, 9.17) is 0 Å². The summed E-state index contributed by atoms with van der Waals surface area (Å²) in [5, 5.41) is 19.3. The molecule has 2 N–H and O–H groups in total. The number of aliphatic hydroxyl groups excluding tert-OH is 2. The molecule has 0 heterocycles. The third-order valence-corrected chi connectivity index (χ3v) is 7.48. The molecule has 0 aromatic rings. The number of hydrogen-bond acceptors (Lipinski definition) is 4. The number of rotatable bonds is 10. The van der Waals surface area contributed by atoms with Crippen molar-refractivity contribution in [2.45, 2.75) is 110 Å². The summed E-state index contributed by atoms with van der Waals surface area (Å²) in [5.41, 5.74) is -28.6. The molecule has 4 aliphatic carbocycles. The first-order chi connectivity index (χ1) is 16.9.